The van der Waals surface area contributed by atoms with E-state index in [0.717, 1.165) is 18.2 Å². The summed E-state index contributed by atoms with van der Waals surface area (Å²) in [4.78, 5) is 16.0. The first-order chi connectivity index (χ1) is 13.3. The molecule has 9 nitrogen and oxygen atoms in total. The van der Waals surface area contributed by atoms with Gasteiger partial charge in [-0.2, -0.15) is 4.80 Å². The zero-order valence-electron chi connectivity index (χ0n) is 15.7. The van der Waals surface area contributed by atoms with E-state index in [9.17, 15) is 13.2 Å². The molecule has 152 valence electrons. The number of benzene rings is 1. The van der Waals surface area contributed by atoms with Crippen LogP contribution in [0.4, 0.5) is 0 Å². The van der Waals surface area contributed by atoms with Crippen LogP contribution < -0.4 is 4.72 Å². The number of rotatable bonds is 6. The van der Waals surface area contributed by atoms with Gasteiger partial charge in [0, 0.05) is 29.7 Å². The maximum absolute atomic E-state index is 13.0. The molecule has 1 amide bonds. The second-order valence-corrected chi connectivity index (χ2v) is 9.09. The van der Waals surface area contributed by atoms with Crippen LogP contribution >= 0.6 is 11.6 Å². The minimum atomic E-state index is -3.32. The molecular formula is C17H23ClN6O3S. The van der Waals surface area contributed by atoms with Crippen LogP contribution in [0.1, 0.15) is 32.2 Å². The van der Waals surface area contributed by atoms with Crippen molar-refractivity contribution in [3.05, 3.63) is 29.3 Å². The Kier molecular flexibility index (Phi) is 6.31. The number of nitrogens with one attached hydrogen (secondary N) is 1. The lowest BCUT2D eigenvalue weighted by atomic mass is 10.1. The fraction of sp³-hybridized carbons (Fsp3) is 0.529. The van der Waals surface area contributed by atoms with Crippen LogP contribution in [0.3, 0.4) is 0 Å². The number of carbonyl (C=O) groups excluding carboxylic acids is 1. The van der Waals surface area contributed by atoms with Gasteiger partial charge in [-0.25, -0.2) is 13.1 Å². The molecule has 1 aromatic heterocycles. The minimum absolute atomic E-state index is 0.137. The van der Waals surface area contributed by atoms with Crippen LogP contribution in [0.2, 0.25) is 5.02 Å². The molecule has 0 aliphatic carbocycles. The topological polar surface area (TPSA) is 110 Å². The highest BCUT2D eigenvalue weighted by Crippen LogP contribution is 2.21. The summed E-state index contributed by atoms with van der Waals surface area (Å²) in [5, 5.41) is 13.1. The number of amides is 1. The average Bonchev–Trinajstić information content (AvgIpc) is 3.11. The Balaban J connectivity index is 1.74. The van der Waals surface area contributed by atoms with Crippen LogP contribution in [0.25, 0.3) is 11.4 Å². The van der Waals surface area contributed by atoms with Gasteiger partial charge in [0.2, 0.25) is 21.8 Å². The number of nitrogens with zero attached hydrogens (tertiary/aromatic N) is 5. The predicted molar refractivity (Wildman–Crippen MR) is 105 cm³/mol. The summed E-state index contributed by atoms with van der Waals surface area (Å²) in [5.74, 6) is 0.278. The van der Waals surface area contributed by atoms with E-state index in [-0.39, 0.29) is 11.9 Å². The Bertz CT molecular complexity index is 931. The number of sulfonamides is 1. The van der Waals surface area contributed by atoms with Gasteiger partial charge >= 0.3 is 0 Å². The third-order valence-electron chi connectivity index (χ3n) is 4.60. The standard InChI is InChI=1S/C17H23ClN6O3S/c1-3-15(17(25)23-10-4-5-14(11-23)21-28(2,26)27)24-20-16(19-22-24)12-6-8-13(18)9-7-12/h6-9,14-15,21H,3-5,10-11H2,1-2H3. The number of likely N-dealkylation sites (tertiary alicyclic amines) is 1. The molecule has 1 fully saturated rings. The Morgan fingerprint density at radius 2 is 2.07 bits per heavy atom. The van der Waals surface area contributed by atoms with Crippen LogP contribution in [0.5, 0.6) is 0 Å². The average molecular weight is 427 g/mol. The first-order valence-corrected chi connectivity index (χ1v) is 11.4. The summed E-state index contributed by atoms with van der Waals surface area (Å²) in [6.45, 7) is 2.79. The molecule has 3 rings (SSSR count). The molecule has 0 saturated carbocycles. The number of hydrogen-bond acceptors (Lipinski definition) is 6. The maximum atomic E-state index is 13.0. The summed E-state index contributed by atoms with van der Waals surface area (Å²) in [6, 6.07) is 6.19. The second kappa shape index (κ2) is 8.54. The number of halogens is 1. The SMILES string of the molecule is CCC(C(=O)N1CCCC(NS(C)(=O)=O)C1)n1nnc(-c2ccc(Cl)cc2)n1. The van der Waals surface area contributed by atoms with Crippen LogP contribution in [0, 0.1) is 0 Å². The van der Waals surface area contributed by atoms with Crippen molar-refractivity contribution in [3.8, 4) is 11.4 Å². The summed E-state index contributed by atoms with van der Waals surface area (Å²) in [6.07, 6.45) is 3.06. The minimum Gasteiger partial charge on any atom is -0.339 e. The second-order valence-electron chi connectivity index (χ2n) is 6.88. The van der Waals surface area contributed by atoms with Crippen molar-refractivity contribution in [2.24, 2.45) is 0 Å². The molecule has 0 bridgehead atoms. The van der Waals surface area contributed by atoms with E-state index in [1.165, 1.54) is 4.80 Å². The molecule has 0 spiro atoms. The van der Waals surface area contributed by atoms with E-state index in [4.69, 9.17) is 11.6 Å². The van der Waals surface area contributed by atoms with Crippen molar-refractivity contribution in [3.63, 3.8) is 0 Å². The fourth-order valence-corrected chi connectivity index (χ4v) is 4.22. The van der Waals surface area contributed by atoms with Crippen molar-refractivity contribution < 1.29 is 13.2 Å². The molecule has 2 unspecified atom stereocenters. The molecule has 0 radical (unpaired) electrons. The van der Waals surface area contributed by atoms with Gasteiger partial charge in [0.25, 0.3) is 0 Å². The van der Waals surface area contributed by atoms with Gasteiger partial charge in [-0.1, -0.05) is 18.5 Å². The maximum Gasteiger partial charge on any atom is 0.249 e. The molecular weight excluding hydrogens is 404 g/mol. The van der Waals surface area contributed by atoms with E-state index in [1.54, 1.807) is 29.2 Å². The van der Waals surface area contributed by atoms with Gasteiger partial charge in [-0.15, -0.1) is 10.2 Å². The Morgan fingerprint density at radius 3 is 2.71 bits per heavy atom. The van der Waals surface area contributed by atoms with Crippen molar-refractivity contribution in [1.29, 1.82) is 0 Å². The van der Waals surface area contributed by atoms with Crippen molar-refractivity contribution in [2.75, 3.05) is 19.3 Å². The highest BCUT2D eigenvalue weighted by Gasteiger charge is 2.31. The lowest BCUT2D eigenvalue weighted by Crippen LogP contribution is -2.51. The van der Waals surface area contributed by atoms with Gasteiger partial charge in [0.1, 0.15) is 0 Å². The summed E-state index contributed by atoms with van der Waals surface area (Å²) in [5.41, 5.74) is 0.758. The molecule has 2 aromatic rings. The van der Waals surface area contributed by atoms with E-state index in [2.05, 4.69) is 20.1 Å². The van der Waals surface area contributed by atoms with Gasteiger partial charge in [-0.05, 0) is 48.7 Å². The lowest BCUT2D eigenvalue weighted by Gasteiger charge is -2.34. The normalized spacial score (nSPS) is 18.8. The Morgan fingerprint density at radius 1 is 1.36 bits per heavy atom. The number of hydrogen-bond donors (Lipinski definition) is 1. The van der Waals surface area contributed by atoms with Crippen molar-refractivity contribution in [1.82, 2.24) is 29.8 Å². The fourth-order valence-electron chi connectivity index (χ4n) is 3.30. The van der Waals surface area contributed by atoms with E-state index < -0.39 is 16.1 Å². The number of aromatic nitrogens is 4. The van der Waals surface area contributed by atoms with Gasteiger partial charge in [0.15, 0.2) is 6.04 Å². The molecule has 1 N–H and O–H groups in total. The number of piperidine rings is 1. The Labute approximate surface area is 169 Å². The molecule has 11 heteroatoms. The first kappa shape index (κ1) is 20.7. The zero-order chi connectivity index (χ0) is 20.3. The van der Waals surface area contributed by atoms with Gasteiger partial charge in [-0.3, -0.25) is 4.79 Å². The summed E-state index contributed by atoms with van der Waals surface area (Å²) < 4.78 is 25.6. The summed E-state index contributed by atoms with van der Waals surface area (Å²) in [7, 11) is -3.32. The molecule has 1 aromatic carbocycles. The highest BCUT2D eigenvalue weighted by atomic mass is 35.5. The quantitative estimate of drug-likeness (QED) is 0.749. The smallest absolute Gasteiger partial charge is 0.249 e. The number of tetrazole rings is 1. The third-order valence-corrected chi connectivity index (χ3v) is 5.61. The van der Waals surface area contributed by atoms with E-state index in [1.807, 2.05) is 6.92 Å². The molecule has 1 saturated heterocycles. The summed E-state index contributed by atoms with van der Waals surface area (Å²) >= 11 is 5.90. The predicted octanol–water partition coefficient (Wildman–Crippen LogP) is 1.48. The van der Waals surface area contributed by atoms with E-state index in [0.29, 0.717) is 36.8 Å². The monoisotopic (exact) mass is 426 g/mol. The first-order valence-electron chi connectivity index (χ1n) is 9.08. The molecule has 2 atom stereocenters. The van der Waals surface area contributed by atoms with Crippen LogP contribution in [-0.4, -0.2) is 64.8 Å². The lowest BCUT2D eigenvalue weighted by molar-refractivity contribution is -0.136. The third kappa shape index (κ3) is 5.06. The molecule has 1 aliphatic rings. The molecule has 2 heterocycles. The van der Waals surface area contributed by atoms with Crippen molar-refractivity contribution >= 4 is 27.5 Å². The van der Waals surface area contributed by atoms with Gasteiger partial charge in [0.05, 0.1) is 6.26 Å². The van der Waals surface area contributed by atoms with Crippen LogP contribution in [-0.2, 0) is 14.8 Å². The van der Waals surface area contributed by atoms with Crippen LogP contribution in [0.15, 0.2) is 24.3 Å². The number of carbonyl (C=O) groups is 1. The Hall–Kier alpha value is -2.04. The zero-order valence-corrected chi connectivity index (χ0v) is 17.3. The molecule has 1 aliphatic heterocycles. The molecule has 28 heavy (non-hydrogen) atoms. The van der Waals surface area contributed by atoms with Crippen molar-refractivity contribution in [2.45, 2.75) is 38.3 Å². The van der Waals surface area contributed by atoms with Gasteiger partial charge < -0.3 is 4.90 Å². The van der Waals surface area contributed by atoms with E-state index >= 15 is 0 Å². The largest absolute Gasteiger partial charge is 0.339 e. The highest BCUT2D eigenvalue weighted by molar-refractivity contribution is 7.88.